The van der Waals surface area contributed by atoms with Crippen molar-refractivity contribution in [2.45, 2.75) is 27.7 Å². The molecule has 0 N–H and O–H groups in total. The molecular formula is C23H24N2O3. The van der Waals surface area contributed by atoms with Gasteiger partial charge < -0.3 is 0 Å². The topological polar surface area (TPSA) is 78.2 Å². The molecule has 0 unspecified atom stereocenters. The van der Waals surface area contributed by atoms with Gasteiger partial charge in [-0.3, -0.25) is 19.3 Å². The van der Waals surface area contributed by atoms with Crippen LogP contribution in [0.4, 0.5) is 0 Å². The molecule has 2 aromatic rings. The van der Waals surface area contributed by atoms with Crippen molar-refractivity contribution in [3.8, 4) is 6.07 Å². The maximum atomic E-state index is 13.3. The first kappa shape index (κ1) is 21.0. The van der Waals surface area contributed by atoms with Crippen molar-refractivity contribution >= 4 is 17.6 Å². The third-order valence-corrected chi connectivity index (χ3v) is 4.23. The number of ketones is 1. The molecule has 0 spiro atoms. The van der Waals surface area contributed by atoms with Gasteiger partial charge in [-0.25, -0.2) is 0 Å². The van der Waals surface area contributed by atoms with Crippen molar-refractivity contribution in [3.05, 3.63) is 70.8 Å². The van der Waals surface area contributed by atoms with Gasteiger partial charge in [0, 0.05) is 18.0 Å². The van der Waals surface area contributed by atoms with Gasteiger partial charge in [-0.15, -0.1) is 0 Å². The first-order valence-corrected chi connectivity index (χ1v) is 9.26. The van der Waals surface area contributed by atoms with Crippen LogP contribution in [-0.2, 0) is 4.79 Å². The van der Waals surface area contributed by atoms with Crippen LogP contribution in [0.25, 0.3) is 0 Å². The molecule has 144 valence electrons. The molecule has 2 rings (SSSR count). The highest BCUT2D eigenvalue weighted by atomic mass is 16.2. The van der Waals surface area contributed by atoms with Crippen LogP contribution in [0.2, 0.25) is 0 Å². The average Bonchev–Trinajstić information content (AvgIpc) is 2.70. The summed E-state index contributed by atoms with van der Waals surface area (Å²) in [6.45, 7) is 7.52. The predicted octanol–water partition coefficient (Wildman–Crippen LogP) is 4.07. The molecular weight excluding hydrogens is 352 g/mol. The maximum absolute atomic E-state index is 13.3. The fraction of sp³-hybridized carbons (Fsp3) is 0.304. The van der Waals surface area contributed by atoms with Crippen LogP contribution in [0.5, 0.6) is 0 Å². The summed E-state index contributed by atoms with van der Waals surface area (Å²) >= 11 is 0. The highest BCUT2D eigenvalue weighted by molar-refractivity contribution is 6.18. The summed E-state index contributed by atoms with van der Waals surface area (Å²) in [6.07, 6.45) is 0. The molecule has 0 saturated carbocycles. The molecule has 28 heavy (non-hydrogen) atoms. The van der Waals surface area contributed by atoms with Gasteiger partial charge in [0.1, 0.15) is 0 Å². The van der Waals surface area contributed by atoms with E-state index in [2.05, 4.69) is 0 Å². The van der Waals surface area contributed by atoms with Crippen LogP contribution in [-0.4, -0.2) is 29.0 Å². The largest absolute Gasteiger partial charge is 0.289 e. The van der Waals surface area contributed by atoms with Crippen molar-refractivity contribution < 1.29 is 14.4 Å². The van der Waals surface area contributed by atoms with Gasteiger partial charge >= 0.3 is 0 Å². The summed E-state index contributed by atoms with van der Waals surface area (Å²) in [4.78, 5) is 40.2. The lowest BCUT2D eigenvalue weighted by Gasteiger charge is -2.25. The standard InChI is InChI=1S/C23H24N2O3/c1-15(2)14-25(22(27)16(3)4)23(28)19-12-8-11-18(13-24)20(19)21(26)17-9-6-5-7-10-17/h5-12,15-16H,14H2,1-4H3. The second kappa shape index (κ2) is 9.09. The molecule has 2 amide bonds. The fourth-order valence-corrected chi connectivity index (χ4v) is 2.90. The van der Waals surface area contributed by atoms with E-state index in [1.54, 1.807) is 50.2 Å². The van der Waals surface area contributed by atoms with Crippen molar-refractivity contribution in [2.75, 3.05) is 6.54 Å². The van der Waals surface area contributed by atoms with E-state index in [9.17, 15) is 19.6 Å². The fourth-order valence-electron chi connectivity index (χ4n) is 2.90. The molecule has 0 bridgehead atoms. The molecule has 5 heteroatoms. The summed E-state index contributed by atoms with van der Waals surface area (Å²) in [6, 6.07) is 15.0. The number of benzene rings is 2. The molecule has 0 heterocycles. The van der Waals surface area contributed by atoms with Gasteiger partial charge in [0.2, 0.25) is 5.91 Å². The average molecular weight is 376 g/mol. The molecule has 0 aromatic heterocycles. The number of hydrogen-bond donors (Lipinski definition) is 0. The minimum atomic E-state index is -0.552. The second-order valence-corrected chi connectivity index (χ2v) is 7.34. The molecule has 0 aliphatic rings. The highest BCUT2D eigenvalue weighted by Gasteiger charge is 2.30. The summed E-state index contributed by atoms with van der Waals surface area (Å²) in [5, 5.41) is 9.51. The minimum absolute atomic E-state index is 0.0338. The third kappa shape index (κ3) is 4.52. The molecule has 2 aromatic carbocycles. The van der Waals surface area contributed by atoms with Crippen molar-refractivity contribution in [2.24, 2.45) is 11.8 Å². The van der Waals surface area contributed by atoms with E-state index >= 15 is 0 Å². The van der Waals surface area contributed by atoms with E-state index < -0.39 is 11.7 Å². The zero-order valence-electron chi connectivity index (χ0n) is 16.6. The number of carbonyl (C=O) groups is 3. The molecule has 0 aliphatic carbocycles. The molecule has 0 atom stereocenters. The number of amides is 2. The van der Waals surface area contributed by atoms with Gasteiger partial charge in [0.05, 0.1) is 22.8 Å². The molecule has 0 radical (unpaired) electrons. The summed E-state index contributed by atoms with van der Waals surface area (Å²) in [5.41, 5.74) is 0.597. The summed E-state index contributed by atoms with van der Waals surface area (Å²) in [7, 11) is 0. The van der Waals surface area contributed by atoms with E-state index in [0.29, 0.717) is 5.56 Å². The molecule has 0 saturated heterocycles. The van der Waals surface area contributed by atoms with Crippen LogP contribution in [0.15, 0.2) is 48.5 Å². The Morgan fingerprint density at radius 3 is 2.14 bits per heavy atom. The highest BCUT2D eigenvalue weighted by Crippen LogP contribution is 2.22. The van der Waals surface area contributed by atoms with Crippen molar-refractivity contribution in [1.82, 2.24) is 4.90 Å². The Bertz CT molecular complexity index is 925. The number of rotatable bonds is 6. The van der Waals surface area contributed by atoms with Crippen LogP contribution >= 0.6 is 0 Å². The Labute approximate surface area is 165 Å². The zero-order valence-corrected chi connectivity index (χ0v) is 16.6. The Morgan fingerprint density at radius 2 is 1.61 bits per heavy atom. The summed E-state index contributed by atoms with van der Waals surface area (Å²) < 4.78 is 0. The van der Waals surface area contributed by atoms with Gasteiger partial charge in [-0.1, -0.05) is 64.1 Å². The molecule has 5 nitrogen and oxygen atoms in total. The Morgan fingerprint density at radius 1 is 0.964 bits per heavy atom. The lowest BCUT2D eigenvalue weighted by atomic mass is 9.93. The van der Waals surface area contributed by atoms with E-state index in [4.69, 9.17) is 0 Å². The smallest absolute Gasteiger partial charge is 0.261 e. The number of nitrogens with zero attached hydrogens (tertiary/aromatic N) is 2. The lowest BCUT2D eigenvalue weighted by Crippen LogP contribution is -2.42. The first-order chi connectivity index (χ1) is 13.3. The number of carbonyl (C=O) groups excluding carboxylic acids is 3. The van der Waals surface area contributed by atoms with Crippen LogP contribution in [0, 0.1) is 23.2 Å². The number of nitriles is 1. The predicted molar refractivity (Wildman–Crippen MR) is 107 cm³/mol. The zero-order chi connectivity index (χ0) is 20.8. The second-order valence-electron chi connectivity index (χ2n) is 7.34. The summed E-state index contributed by atoms with van der Waals surface area (Å²) in [5.74, 6) is -1.57. The van der Waals surface area contributed by atoms with Gasteiger partial charge in [-0.05, 0) is 18.1 Å². The van der Waals surface area contributed by atoms with Crippen molar-refractivity contribution in [1.29, 1.82) is 5.26 Å². The monoisotopic (exact) mass is 376 g/mol. The van der Waals surface area contributed by atoms with E-state index in [1.807, 2.05) is 19.9 Å². The Balaban J connectivity index is 2.61. The van der Waals surface area contributed by atoms with E-state index in [0.717, 1.165) is 0 Å². The van der Waals surface area contributed by atoms with Crippen LogP contribution in [0.3, 0.4) is 0 Å². The quantitative estimate of drug-likeness (QED) is 0.712. The van der Waals surface area contributed by atoms with E-state index in [-0.39, 0.29) is 41.0 Å². The number of hydrogen-bond acceptors (Lipinski definition) is 4. The number of imide groups is 1. The molecule has 0 fully saturated rings. The first-order valence-electron chi connectivity index (χ1n) is 9.26. The maximum Gasteiger partial charge on any atom is 0.261 e. The third-order valence-electron chi connectivity index (χ3n) is 4.23. The Hall–Kier alpha value is -3.26. The SMILES string of the molecule is CC(C)CN(C(=O)c1cccc(C#N)c1C(=O)c1ccccc1)C(=O)C(C)C. The van der Waals surface area contributed by atoms with Gasteiger partial charge in [0.15, 0.2) is 5.78 Å². The normalized spacial score (nSPS) is 10.6. The van der Waals surface area contributed by atoms with Crippen LogP contribution in [0.1, 0.15) is 59.5 Å². The molecule has 0 aliphatic heterocycles. The Kier molecular flexibility index (Phi) is 6.84. The minimum Gasteiger partial charge on any atom is -0.289 e. The van der Waals surface area contributed by atoms with E-state index in [1.165, 1.54) is 17.0 Å². The lowest BCUT2D eigenvalue weighted by molar-refractivity contribution is -0.132. The van der Waals surface area contributed by atoms with Gasteiger partial charge in [0.25, 0.3) is 5.91 Å². The van der Waals surface area contributed by atoms with Gasteiger partial charge in [-0.2, -0.15) is 5.26 Å². The van der Waals surface area contributed by atoms with Crippen LogP contribution < -0.4 is 0 Å². The van der Waals surface area contributed by atoms with Crippen molar-refractivity contribution in [3.63, 3.8) is 0 Å².